The predicted molar refractivity (Wildman–Crippen MR) is 120 cm³/mol. The Balaban J connectivity index is 0.00000312. The number of hydrogen-bond donors (Lipinski definition) is 2. The Kier molecular flexibility index (Phi) is 10.2. The molecule has 1 aromatic rings. The fourth-order valence-electron chi connectivity index (χ4n) is 3.07. The lowest BCUT2D eigenvalue weighted by Gasteiger charge is -2.34. The number of nitrogens with one attached hydrogen (secondary N) is 2. The van der Waals surface area contributed by atoms with Gasteiger partial charge in [-0.2, -0.15) is 11.8 Å². The first kappa shape index (κ1) is 22.6. The van der Waals surface area contributed by atoms with E-state index in [0.29, 0.717) is 0 Å². The lowest BCUT2D eigenvalue weighted by atomic mass is 9.99. The van der Waals surface area contributed by atoms with E-state index in [-0.39, 0.29) is 34.8 Å². The van der Waals surface area contributed by atoms with Gasteiger partial charge in [-0.1, -0.05) is 24.3 Å². The zero-order chi connectivity index (χ0) is 17.4. The molecule has 25 heavy (non-hydrogen) atoms. The summed E-state index contributed by atoms with van der Waals surface area (Å²) in [5.74, 6) is 0.896. The molecule has 142 valence electrons. The summed E-state index contributed by atoms with van der Waals surface area (Å²) in [5.41, 5.74) is 2.62. The fourth-order valence-corrected chi connectivity index (χ4v) is 3.84. The van der Waals surface area contributed by atoms with Gasteiger partial charge in [0.1, 0.15) is 0 Å². The van der Waals surface area contributed by atoms with Crippen LogP contribution in [-0.2, 0) is 4.74 Å². The van der Waals surface area contributed by atoms with Gasteiger partial charge in [0.05, 0.1) is 12.6 Å². The molecule has 1 aliphatic heterocycles. The Morgan fingerprint density at radius 1 is 1.32 bits per heavy atom. The largest absolute Gasteiger partial charge is 0.381 e. The number of nitrogens with zero attached hydrogens (tertiary/aromatic N) is 1. The van der Waals surface area contributed by atoms with Crippen LogP contribution in [-0.4, -0.2) is 43.3 Å². The van der Waals surface area contributed by atoms with Crippen LogP contribution in [0.15, 0.2) is 29.3 Å². The molecule has 0 aromatic heterocycles. The van der Waals surface area contributed by atoms with Crippen LogP contribution >= 0.6 is 35.7 Å². The first-order valence-corrected chi connectivity index (χ1v) is 10.1. The first-order chi connectivity index (χ1) is 11.6. The topological polar surface area (TPSA) is 45.7 Å². The summed E-state index contributed by atoms with van der Waals surface area (Å²) in [6, 6.07) is 8.73. The molecule has 1 atom stereocenters. The number of halogens is 1. The number of aliphatic imine (C=N–C) groups is 1. The number of rotatable bonds is 6. The van der Waals surface area contributed by atoms with E-state index in [1.54, 1.807) is 0 Å². The van der Waals surface area contributed by atoms with E-state index in [1.807, 2.05) is 11.8 Å². The van der Waals surface area contributed by atoms with Crippen LogP contribution in [0.2, 0.25) is 0 Å². The molecule has 1 aliphatic rings. The minimum atomic E-state index is 0. The molecule has 1 heterocycles. The number of thioether (sulfide) groups is 1. The second-order valence-electron chi connectivity index (χ2n) is 6.42. The second-order valence-corrected chi connectivity index (χ2v) is 7.69. The van der Waals surface area contributed by atoms with Crippen LogP contribution < -0.4 is 10.6 Å². The summed E-state index contributed by atoms with van der Waals surface area (Å²) in [5, 5.41) is 6.94. The van der Waals surface area contributed by atoms with Crippen LogP contribution in [0.3, 0.4) is 0 Å². The van der Waals surface area contributed by atoms with Gasteiger partial charge in [0.15, 0.2) is 5.96 Å². The molecule has 1 unspecified atom stereocenters. The lowest BCUT2D eigenvalue weighted by Crippen LogP contribution is -2.41. The van der Waals surface area contributed by atoms with Crippen molar-refractivity contribution in [2.24, 2.45) is 4.99 Å². The van der Waals surface area contributed by atoms with E-state index < -0.39 is 0 Å². The van der Waals surface area contributed by atoms with Crippen molar-refractivity contribution in [2.75, 3.05) is 32.6 Å². The standard InChI is InChI=1S/C19H31N3OS.HI/c1-5-20-18(21-14-19(24-4)10-12-23-13-11-19)22-16(3)17-9-7-6-8-15(17)2;/h6-9,16H,5,10-14H2,1-4H3,(H2,20,21,22);1H. The summed E-state index contributed by atoms with van der Waals surface area (Å²) in [6.07, 6.45) is 4.34. The van der Waals surface area contributed by atoms with Crippen molar-refractivity contribution in [3.8, 4) is 0 Å². The van der Waals surface area contributed by atoms with E-state index in [9.17, 15) is 0 Å². The van der Waals surface area contributed by atoms with E-state index in [0.717, 1.165) is 45.1 Å². The van der Waals surface area contributed by atoms with Crippen molar-refractivity contribution in [3.05, 3.63) is 35.4 Å². The molecule has 2 N–H and O–H groups in total. The molecule has 0 radical (unpaired) electrons. The summed E-state index contributed by atoms with van der Waals surface area (Å²) in [7, 11) is 0. The maximum Gasteiger partial charge on any atom is 0.191 e. The summed E-state index contributed by atoms with van der Waals surface area (Å²) >= 11 is 1.93. The van der Waals surface area contributed by atoms with E-state index in [1.165, 1.54) is 11.1 Å². The van der Waals surface area contributed by atoms with Crippen molar-refractivity contribution in [2.45, 2.75) is 44.4 Å². The average molecular weight is 477 g/mol. The molecule has 6 heteroatoms. The highest BCUT2D eigenvalue weighted by molar-refractivity contribution is 14.0. The van der Waals surface area contributed by atoms with Crippen molar-refractivity contribution >= 4 is 41.7 Å². The van der Waals surface area contributed by atoms with Crippen molar-refractivity contribution in [3.63, 3.8) is 0 Å². The monoisotopic (exact) mass is 477 g/mol. The molecule has 0 bridgehead atoms. The third-order valence-electron chi connectivity index (χ3n) is 4.71. The molecule has 0 aliphatic carbocycles. The Hall–Kier alpha value is -0.470. The number of ether oxygens (including phenoxy) is 1. The normalized spacial score (nSPS) is 18.2. The third-order valence-corrected chi connectivity index (χ3v) is 6.12. The molecular formula is C19H32IN3OS. The van der Waals surface area contributed by atoms with Crippen LogP contribution in [0, 0.1) is 6.92 Å². The average Bonchev–Trinajstić information content (AvgIpc) is 2.61. The van der Waals surface area contributed by atoms with Crippen LogP contribution in [0.25, 0.3) is 0 Å². The molecule has 0 amide bonds. The Morgan fingerprint density at radius 3 is 2.60 bits per heavy atom. The Labute approximate surface area is 174 Å². The minimum absolute atomic E-state index is 0. The number of hydrogen-bond acceptors (Lipinski definition) is 3. The van der Waals surface area contributed by atoms with E-state index in [2.05, 4.69) is 61.9 Å². The van der Waals surface area contributed by atoms with E-state index in [4.69, 9.17) is 9.73 Å². The summed E-state index contributed by atoms with van der Waals surface area (Å²) in [4.78, 5) is 4.89. The van der Waals surface area contributed by atoms with Gasteiger partial charge in [-0.3, -0.25) is 4.99 Å². The highest BCUT2D eigenvalue weighted by atomic mass is 127. The lowest BCUT2D eigenvalue weighted by molar-refractivity contribution is 0.0794. The smallest absolute Gasteiger partial charge is 0.191 e. The maximum atomic E-state index is 5.52. The zero-order valence-electron chi connectivity index (χ0n) is 15.8. The van der Waals surface area contributed by atoms with Crippen molar-refractivity contribution in [1.82, 2.24) is 10.6 Å². The third kappa shape index (κ3) is 6.64. The number of benzene rings is 1. The van der Waals surface area contributed by atoms with Crippen LogP contribution in [0.5, 0.6) is 0 Å². The minimum Gasteiger partial charge on any atom is -0.381 e. The summed E-state index contributed by atoms with van der Waals surface area (Å²) < 4.78 is 5.74. The molecule has 0 saturated carbocycles. The number of aryl methyl sites for hydroxylation is 1. The van der Waals surface area contributed by atoms with Crippen LogP contribution in [0.4, 0.5) is 0 Å². The molecule has 0 spiro atoms. The van der Waals surface area contributed by atoms with Gasteiger partial charge in [-0.15, -0.1) is 24.0 Å². The van der Waals surface area contributed by atoms with Crippen LogP contribution in [0.1, 0.15) is 43.9 Å². The molecule has 1 saturated heterocycles. The molecular weight excluding hydrogens is 445 g/mol. The van der Waals surface area contributed by atoms with Gasteiger partial charge < -0.3 is 15.4 Å². The van der Waals surface area contributed by atoms with Gasteiger partial charge in [0, 0.05) is 24.5 Å². The molecule has 1 fully saturated rings. The van der Waals surface area contributed by atoms with E-state index >= 15 is 0 Å². The maximum absolute atomic E-state index is 5.52. The number of guanidine groups is 1. The first-order valence-electron chi connectivity index (χ1n) is 8.83. The van der Waals surface area contributed by atoms with Crippen molar-refractivity contribution < 1.29 is 4.74 Å². The van der Waals surface area contributed by atoms with Gasteiger partial charge in [0.25, 0.3) is 0 Å². The second kappa shape index (κ2) is 11.3. The van der Waals surface area contributed by atoms with Gasteiger partial charge in [-0.05, 0) is 51.0 Å². The fraction of sp³-hybridized carbons (Fsp3) is 0.632. The zero-order valence-corrected chi connectivity index (χ0v) is 18.9. The highest BCUT2D eigenvalue weighted by Crippen LogP contribution is 2.34. The highest BCUT2D eigenvalue weighted by Gasteiger charge is 2.31. The molecule has 2 rings (SSSR count). The SMILES string of the molecule is CCNC(=NCC1(SC)CCOCC1)NC(C)c1ccccc1C.I. The van der Waals surface area contributed by atoms with Crippen molar-refractivity contribution in [1.29, 1.82) is 0 Å². The Bertz CT molecular complexity index is 547. The quantitative estimate of drug-likeness (QED) is 0.367. The molecule has 1 aromatic carbocycles. The summed E-state index contributed by atoms with van der Waals surface area (Å²) in [6.45, 7) is 9.83. The van der Waals surface area contributed by atoms with Gasteiger partial charge in [0.2, 0.25) is 0 Å². The Morgan fingerprint density at radius 2 is 2.00 bits per heavy atom. The van der Waals surface area contributed by atoms with Gasteiger partial charge >= 0.3 is 0 Å². The van der Waals surface area contributed by atoms with Gasteiger partial charge in [-0.25, -0.2) is 0 Å². The molecule has 4 nitrogen and oxygen atoms in total. The predicted octanol–water partition coefficient (Wildman–Crippen LogP) is 4.14.